The summed E-state index contributed by atoms with van der Waals surface area (Å²) >= 11 is 0. The molecule has 0 aliphatic carbocycles. The summed E-state index contributed by atoms with van der Waals surface area (Å²) < 4.78 is 6.88. The van der Waals surface area contributed by atoms with Crippen LogP contribution in [0.3, 0.4) is 0 Å². The maximum atomic E-state index is 5.14. The van der Waals surface area contributed by atoms with E-state index in [1.54, 1.807) is 0 Å². The first-order chi connectivity index (χ1) is 34.2. The molecule has 0 bridgehead atoms. The van der Waals surface area contributed by atoms with Crippen LogP contribution in [0.25, 0.3) is 128 Å². The van der Waals surface area contributed by atoms with Gasteiger partial charge in [0.05, 0.1) is 38.6 Å². The number of fused-ring (bicyclic) bond motifs is 9. The fourth-order valence-electron chi connectivity index (χ4n) is 10.4. The molecule has 0 unspecified atom stereocenters. The molecule has 7 heteroatoms. The summed E-state index contributed by atoms with van der Waals surface area (Å²) in [5.41, 5.74) is 16.3. The first-order valence-corrected chi connectivity index (χ1v) is 23.2. The highest BCUT2D eigenvalue weighted by Gasteiger charge is 2.20. The maximum Gasteiger partial charge on any atom is 0.238 e. The lowest BCUT2D eigenvalue weighted by molar-refractivity contribution is 0.953. The summed E-state index contributed by atoms with van der Waals surface area (Å²) in [5, 5.41) is 5.82. The van der Waals surface area contributed by atoms with Crippen molar-refractivity contribution in [3.8, 4) is 62.4 Å². The Morgan fingerprint density at radius 3 is 1.42 bits per heavy atom. The van der Waals surface area contributed by atoms with Crippen LogP contribution >= 0.6 is 0 Å². The van der Waals surface area contributed by atoms with Gasteiger partial charge in [-0.1, -0.05) is 152 Å². The third-order valence-electron chi connectivity index (χ3n) is 13.6. The number of para-hydroxylation sites is 3. The van der Waals surface area contributed by atoms with E-state index in [-0.39, 0.29) is 0 Å². The molecule has 5 heterocycles. The van der Waals surface area contributed by atoms with E-state index in [2.05, 4.69) is 177 Å². The second-order valence-corrected chi connectivity index (χ2v) is 17.5. The van der Waals surface area contributed by atoms with Crippen molar-refractivity contribution >= 4 is 65.5 Å². The van der Waals surface area contributed by atoms with E-state index in [0.717, 1.165) is 94.0 Å². The SMILES string of the molecule is c1ccc(-c2nc(-c3ccccc3)nc(-n3c4ccccc4c4cc(-c5ccc6c7ccccc7n(-c7ccc(-c8ccc9c(c8)c8ncccc8n9-c8ccccc8)cc7)c6c5)ccc43)n2)cc1. The minimum absolute atomic E-state index is 0.576. The first kappa shape index (κ1) is 38.8. The van der Waals surface area contributed by atoms with Crippen LogP contribution in [0.2, 0.25) is 0 Å². The molecule has 0 spiro atoms. The van der Waals surface area contributed by atoms with Crippen LogP contribution in [0.5, 0.6) is 0 Å². The van der Waals surface area contributed by atoms with Crippen LogP contribution in [0.4, 0.5) is 0 Å². The molecule has 0 aliphatic rings. The molecular formula is C62H39N7. The van der Waals surface area contributed by atoms with Gasteiger partial charge in [0.15, 0.2) is 11.6 Å². The molecule has 14 rings (SSSR count). The monoisotopic (exact) mass is 881 g/mol. The van der Waals surface area contributed by atoms with Crippen molar-refractivity contribution in [3.63, 3.8) is 0 Å². The number of pyridine rings is 1. The van der Waals surface area contributed by atoms with Crippen molar-refractivity contribution in [1.82, 2.24) is 33.6 Å². The Morgan fingerprint density at radius 2 is 0.725 bits per heavy atom. The summed E-state index contributed by atoms with van der Waals surface area (Å²) in [5.74, 6) is 1.83. The lowest BCUT2D eigenvalue weighted by Gasteiger charge is -2.12. The van der Waals surface area contributed by atoms with Gasteiger partial charge in [-0.2, -0.15) is 9.97 Å². The molecule has 0 aliphatic heterocycles. The van der Waals surface area contributed by atoms with E-state index in [0.29, 0.717) is 17.6 Å². The minimum Gasteiger partial charge on any atom is -0.309 e. The third kappa shape index (κ3) is 6.29. The zero-order chi connectivity index (χ0) is 45.4. The molecule has 9 aromatic carbocycles. The average Bonchev–Trinajstić information content (AvgIpc) is 4.06. The molecule has 0 saturated heterocycles. The molecule has 0 radical (unpaired) electrons. The summed E-state index contributed by atoms with van der Waals surface area (Å²) in [6.07, 6.45) is 1.88. The van der Waals surface area contributed by atoms with Gasteiger partial charge in [-0.05, 0) is 101 Å². The van der Waals surface area contributed by atoms with Crippen molar-refractivity contribution in [3.05, 3.63) is 237 Å². The highest BCUT2D eigenvalue weighted by Crippen LogP contribution is 2.40. The molecule has 0 amide bonds. The Kier molecular flexibility index (Phi) is 8.75. The Labute approximate surface area is 396 Å². The highest BCUT2D eigenvalue weighted by molar-refractivity contribution is 6.13. The quantitative estimate of drug-likeness (QED) is 0.160. The molecular weight excluding hydrogens is 843 g/mol. The molecule has 0 saturated carbocycles. The maximum absolute atomic E-state index is 5.14. The first-order valence-electron chi connectivity index (χ1n) is 23.2. The van der Waals surface area contributed by atoms with E-state index < -0.39 is 0 Å². The van der Waals surface area contributed by atoms with Gasteiger partial charge >= 0.3 is 0 Å². The van der Waals surface area contributed by atoms with Crippen molar-refractivity contribution in [2.45, 2.75) is 0 Å². The topological polar surface area (TPSA) is 66.3 Å². The Bertz CT molecular complexity index is 4230. The van der Waals surface area contributed by atoms with E-state index in [1.165, 1.54) is 16.3 Å². The van der Waals surface area contributed by atoms with Gasteiger partial charge in [-0.25, -0.2) is 4.98 Å². The molecule has 0 N–H and O–H groups in total. The van der Waals surface area contributed by atoms with Crippen molar-refractivity contribution < 1.29 is 0 Å². The fraction of sp³-hybridized carbons (Fsp3) is 0. The van der Waals surface area contributed by atoms with E-state index >= 15 is 0 Å². The number of nitrogens with zero attached hydrogens (tertiary/aromatic N) is 7. The van der Waals surface area contributed by atoms with Gasteiger partial charge in [-0.15, -0.1) is 0 Å². The molecule has 69 heavy (non-hydrogen) atoms. The summed E-state index contributed by atoms with van der Waals surface area (Å²) in [4.78, 5) is 20.1. The minimum atomic E-state index is 0.576. The van der Waals surface area contributed by atoms with Crippen LogP contribution in [-0.4, -0.2) is 33.6 Å². The highest BCUT2D eigenvalue weighted by atomic mass is 15.2. The smallest absolute Gasteiger partial charge is 0.238 e. The Hall–Kier alpha value is -9.46. The lowest BCUT2D eigenvalue weighted by atomic mass is 10.0. The van der Waals surface area contributed by atoms with Gasteiger partial charge in [-0.3, -0.25) is 9.55 Å². The molecule has 5 aromatic heterocycles. The van der Waals surface area contributed by atoms with Crippen LogP contribution < -0.4 is 0 Å². The molecule has 0 atom stereocenters. The molecule has 7 nitrogen and oxygen atoms in total. The summed E-state index contributed by atoms with van der Waals surface area (Å²) in [7, 11) is 0. The molecule has 14 aromatic rings. The van der Waals surface area contributed by atoms with Crippen LogP contribution in [0, 0.1) is 0 Å². The van der Waals surface area contributed by atoms with Crippen molar-refractivity contribution in [2.24, 2.45) is 0 Å². The standard InChI is InChI=1S/C62H39N7/c1-4-15-41(16-5-1)60-64-61(42-17-6-2-7-18-42)66-62(65-60)69-54-24-13-11-22-49(54)51-37-44(30-34-55(51)69)45-28-33-50-48-21-10-12-23-53(48)68(58(50)39-45)47-31-26-40(27-32-47)43-29-35-56-52(38-43)59-57(25-14-36-63-59)67(56)46-19-8-3-9-20-46/h1-39H. The van der Waals surface area contributed by atoms with Crippen LogP contribution in [0.15, 0.2) is 237 Å². The van der Waals surface area contributed by atoms with Crippen LogP contribution in [-0.2, 0) is 0 Å². The zero-order valence-electron chi connectivity index (χ0n) is 37.1. The van der Waals surface area contributed by atoms with Crippen molar-refractivity contribution in [2.75, 3.05) is 0 Å². The molecule has 0 fully saturated rings. The van der Waals surface area contributed by atoms with E-state index in [4.69, 9.17) is 19.9 Å². The predicted octanol–water partition coefficient (Wildman–Crippen LogP) is 15.2. The normalized spacial score (nSPS) is 11.8. The number of hydrogen-bond donors (Lipinski definition) is 0. The van der Waals surface area contributed by atoms with E-state index in [1.807, 2.05) is 72.9 Å². The second-order valence-electron chi connectivity index (χ2n) is 17.5. The summed E-state index contributed by atoms with van der Waals surface area (Å²) in [6, 6.07) is 81.6. The Balaban J connectivity index is 0.877. The van der Waals surface area contributed by atoms with Gasteiger partial charge < -0.3 is 9.13 Å². The number of hydrogen-bond acceptors (Lipinski definition) is 4. The lowest BCUT2D eigenvalue weighted by Crippen LogP contribution is -2.06. The van der Waals surface area contributed by atoms with Crippen LogP contribution in [0.1, 0.15) is 0 Å². The van der Waals surface area contributed by atoms with Crippen molar-refractivity contribution in [1.29, 1.82) is 0 Å². The predicted molar refractivity (Wildman–Crippen MR) is 282 cm³/mol. The zero-order valence-corrected chi connectivity index (χ0v) is 37.1. The average molecular weight is 882 g/mol. The Morgan fingerprint density at radius 1 is 0.261 bits per heavy atom. The fourth-order valence-corrected chi connectivity index (χ4v) is 10.4. The number of aromatic nitrogens is 7. The number of rotatable bonds is 7. The number of benzene rings is 9. The van der Waals surface area contributed by atoms with Gasteiger partial charge in [0.1, 0.15) is 0 Å². The van der Waals surface area contributed by atoms with E-state index in [9.17, 15) is 0 Å². The largest absolute Gasteiger partial charge is 0.309 e. The van der Waals surface area contributed by atoms with Gasteiger partial charge in [0, 0.05) is 55.6 Å². The molecule has 322 valence electrons. The van der Waals surface area contributed by atoms with Gasteiger partial charge in [0.25, 0.3) is 0 Å². The second kappa shape index (κ2) is 15.6. The summed E-state index contributed by atoms with van der Waals surface area (Å²) in [6.45, 7) is 0. The van der Waals surface area contributed by atoms with Gasteiger partial charge in [0.2, 0.25) is 5.95 Å². The third-order valence-corrected chi connectivity index (χ3v) is 13.6.